The Balaban J connectivity index is 1.16. The van der Waals surface area contributed by atoms with Crippen LogP contribution in [0.3, 0.4) is 0 Å². The van der Waals surface area contributed by atoms with Gasteiger partial charge in [-0.15, -0.1) is 0 Å². The van der Waals surface area contributed by atoms with E-state index in [1.807, 2.05) is 110 Å². The first-order valence-electron chi connectivity index (χ1n) is 19.8. The number of methoxy groups -OCH3 is 2. The molecule has 1 fully saturated rings. The molecule has 2 aromatic heterocycles. The Morgan fingerprint density at radius 3 is 2.43 bits per heavy atom. The molecule has 0 saturated carbocycles. The molecular formula is C46H48N3O11P. The average molecular weight is 850 g/mol. The molecule has 0 aliphatic carbocycles. The Morgan fingerprint density at radius 1 is 0.918 bits per heavy atom. The number of benzene rings is 4. The third-order valence-corrected chi connectivity index (χ3v) is 13.3. The number of oxazole rings is 1. The summed E-state index contributed by atoms with van der Waals surface area (Å²) in [5, 5.41) is 0.831. The molecule has 2 aliphatic rings. The lowest BCUT2D eigenvalue weighted by Crippen LogP contribution is -2.48. The minimum absolute atomic E-state index is 0.0260. The first-order chi connectivity index (χ1) is 29.5. The molecule has 4 aromatic carbocycles. The third kappa shape index (κ3) is 7.75. The Bertz CT molecular complexity index is 2610. The zero-order valence-corrected chi connectivity index (χ0v) is 35.8. The van der Waals surface area contributed by atoms with Gasteiger partial charge in [-0.25, -0.2) is 9.78 Å². The van der Waals surface area contributed by atoms with Crippen LogP contribution >= 0.6 is 7.60 Å². The first-order valence-corrected chi connectivity index (χ1v) is 21.5. The van der Waals surface area contributed by atoms with Gasteiger partial charge >= 0.3 is 13.7 Å². The predicted octanol–water partition coefficient (Wildman–Crippen LogP) is 8.76. The number of aromatic nitrogens is 2. The summed E-state index contributed by atoms with van der Waals surface area (Å²) in [6, 6.07) is 26.7. The number of nitrogens with zero attached hydrogens (tertiary/aromatic N) is 3. The number of rotatable bonds is 15. The van der Waals surface area contributed by atoms with Crippen molar-refractivity contribution in [1.82, 2.24) is 14.5 Å². The van der Waals surface area contributed by atoms with E-state index in [2.05, 4.69) is 4.98 Å². The van der Waals surface area contributed by atoms with Gasteiger partial charge in [0.05, 0.1) is 31.5 Å². The van der Waals surface area contributed by atoms with Crippen LogP contribution in [0.25, 0.3) is 33.4 Å². The van der Waals surface area contributed by atoms with Gasteiger partial charge in [0.2, 0.25) is 5.89 Å². The molecule has 2 aliphatic heterocycles. The lowest BCUT2D eigenvalue weighted by atomic mass is 9.75. The van der Waals surface area contributed by atoms with Gasteiger partial charge in [0.15, 0.2) is 5.76 Å². The summed E-state index contributed by atoms with van der Waals surface area (Å²) in [5.74, 6) is 1.71. The largest absolute Gasteiger partial charge is 0.496 e. The van der Waals surface area contributed by atoms with Crippen molar-refractivity contribution in [1.29, 1.82) is 0 Å². The highest BCUT2D eigenvalue weighted by Gasteiger charge is 2.47. The summed E-state index contributed by atoms with van der Waals surface area (Å²) < 4.78 is 61.3. The number of carbonyl (C=O) groups excluding carboxylic acids is 2. The SMILES string of the molecule is COCn1cc(-c2cnc(CP(=O)(OC)OC)o2)c2c(-c3cccc4c3OC[C@]4(C=O)c3cc(C[C@H]4COC(C)(C)N4C(=O)OCc4ccccc4)ccc3OC)cccc21. The van der Waals surface area contributed by atoms with E-state index in [9.17, 15) is 14.2 Å². The second kappa shape index (κ2) is 16.9. The molecule has 1 amide bonds. The van der Waals surface area contributed by atoms with Crippen molar-refractivity contribution in [2.45, 2.75) is 56.9 Å². The van der Waals surface area contributed by atoms with Crippen LogP contribution in [0.1, 0.15) is 42.0 Å². The van der Waals surface area contributed by atoms with Crippen molar-refractivity contribution < 1.29 is 51.3 Å². The molecule has 8 rings (SSSR count). The highest BCUT2D eigenvalue weighted by molar-refractivity contribution is 7.52. The summed E-state index contributed by atoms with van der Waals surface area (Å²) >= 11 is 0. The number of aldehydes is 1. The number of hydrogen-bond acceptors (Lipinski definition) is 12. The van der Waals surface area contributed by atoms with Crippen molar-refractivity contribution in [3.05, 3.63) is 125 Å². The molecule has 2 atom stereocenters. The summed E-state index contributed by atoms with van der Waals surface area (Å²) in [6.07, 6.45) is 4.25. The van der Waals surface area contributed by atoms with Crippen LogP contribution in [0.15, 0.2) is 102 Å². The number of ether oxygens (including phenoxy) is 5. The van der Waals surface area contributed by atoms with Crippen LogP contribution < -0.4 is 9.47 Å². The van der Waals surface area contributed by atoms with Crippen LogP contribution in [0.4, 0.5) is 4.79 Å². The standard InChI is InChI=1S/C46H48N3O11P/c1-45(2)49(44(51)57-24-30-12-8-7-9-13-30)32(25-59-45)20-31-18-19-39(54-4)37(21-31)46(27-50)28-58-43-34(15-10-16-36(43)46)33-14-11-17-38-42(33)35(23-48(38)29-53-3)40-22-47-41(60-40)26-61(52,55-5)56-6/h7-19,21-23,27,32H,20,24-26,28-29H2,1-6H3/t32-,46-/m0/s1. The molecule has 1 saturated heterocycles. The fraction of sp³-hybridized carbons (Fsp3) is 0.326. The lowest BCUT2D eigenvalue weighted by molar-refractivity contribution is -0.111. The van der Waals surface area contributed by atoms with E-state index >= 15 is 0 Å². The average Bonchev–Trinajstić information content (AvgIpc) is 4.06. The van der Waals surface area contributed by atoms with Gasteiger partial charge < -0.3 is 46.5 Å². The molecule has 0 radical (unpaired) electrons. The van der Waals surface area contributed by atoms with Crippen molar-refractivity contribution in [2.24, 2.45) is 0 Å². The maximum absolute atomic E-state index is 13.7. The maximum atomic E-state index is 13.7. The normalized spacial score (nSPS) is 18.3. The Labute approximate surface area is 353 Å². The summed E-state index contributed by atoms with van der Waals surface area (Å²) in [6.45, 7) is 4.43. The van der Waals surface area contributed by atoms with E-state index in [1.54, 1.807) is 25.3 Å². The zero-order valence-electron chi connectivity index (χ0n) is 34.9. The quantitative estimate of drug-likeness (QED) is 0.0718. The van der Waals surface area contributed by atoms with Crippen LogP contribution in [-0.2, 0) is 64.0 Å². The highest BCUT2D eigenvalue weighted by Crippen LogP contribution is 2.52. The monoisotopic (exact) mass is 849 g/mol. The highest BCUT2D eigenvalue weighted by atomic mass is 31.2. The maximum Gasteiger partial charge on any atom is 0.412 e. The van der Waals surface area contributed by atoms with E-state index in [4.69, 9.17) is 37.1 Å². The summed E-state index contributed by atoms with van der Waals surface area (Å²) in [5.41, 5.74) is 4.11. The van der Waals surface area contributed by atoms with Gasteiger partial charge in [-0.05, 0) is 49.1 Å². The summed E-state index contributed by atoms with van der Waals surface area (Å²) in [7, 11) is 2.39. The second-order valence-corrected chi connectivity index (χ2v) is 17.8. The molecule has 0 N–H and O–H groups in total. The van der Waals surface area contributed by atoms with E-state index < -0.39 is 24.8 Å². The van der Waals surface area contributed by atoms with E-state index in [0.717, 1.165) is 45.0 Å². The minimum Gasteiger partial charge on any atom is -0.496 e. The molecule has 318 valence electrons. The first kappa shape index (κ1) is 42.0. The van der Waals surface area contributed by atoms with E-state index in [0.29, 0.717) is 41.4 Å². The molecule has 0 bridgehead atoms. The van der Waals surface area contributed by atoms with E-state index in [-0.39, 0.29) is 38.0 Å². The molecule has 14 nitrogen and oxygen atoms in total. The number of hydrogen-bond donors (Lipinski definition) is 0. The van der Waals surface area contributed by atoms with Crippen LogP contribution in [0.5, 0.6) is 11.5 Å². The van der Waals surface area contributed by atoms with Gasteiger partial charge in [0.1, 0.15) is 55.0 Å². The van der Waals surface area contributed by atoms with Gasteiger partial charge in [0.25, 0.3) is 0 Å². The van der Waals surface area contributed by atoms with Crippen LogP contribution in [0.2, 0.25) is 0 Å². The Kier molecular flexibility index (Phi) is 11.7. The third-order valence-electron chi connectivity index (χ3n) is 11.5. The van der Waals surface area contributed by atoms with Gasteiger partial charge in [0, 0.05) is 55.2 Å². The van der Waals surface area contributed by atoms with Crippen molar-refractivity contribution >= 4 is 30.9 Å². The van der Waals surface area contributed by atoms with Gasteiger partial charge in [-0.2, -0.15) is 0 Å². The number of carbonyl (C=O) groups is 2. The number of para-hydroxylation sites is 1. The van der Waals surface area contributed by atoms with Gasteiger partial charge in [-0.3, -0.25) is 9.46 Å². The minimum atomic E-state index is -3.45. The number of fused-ring (bicyclic) bond motifs is 2. The molecule has 6 aromatic rings. The number of amides is 1. The smallest absolute Gasteiger partial charge is 0.412 e. The van der Waals surface area contributed by atoms with Crippen LogP contribution in [0, 0.1) is 0 Å². The molecule has 15 heteroatoms. The van der Waals surface area contributed by atoms with Crippen molar-refractivity contribution in [2.75, 3.05) is 41.7 Å². The Morgan fingerprint density at radius 2 is 1.69 bits per heavy atom. The topological polar surface area (TPSA) is 150 Å². The molecule has 0 spiro atoms. The molecular weight excluding hydrogens is 801 g/mol. The zero-order chi connectivity index (χ0) is 42.9. The summed E-state index contributed by atoms with van der Waals surface area (Å²) in [4.78, 5) is 33.3. The molecule has 61 heavy (non-hydrogen) atoms. The lowest BCUT2D eigenvalue weighted by Gasteiger charge is -2.33. The Hall–Kier alpha value is -5.76. The second-order valence-electron chi connectivity index (χ2n) is 15.5. The molecule has 0 unspecified atom stereocenters. The van der Waals surface area contributed by atoms with Gasteiger partial charge in [-0.1, -0.05) is 72.8 Å². The predicted molar refractivity (Wildman–Crippen MR) is 227 cm³/mol. The fourth-order valence-corrected chi connectivity index (χ4v) is 9.37. The fourth-order valence-electron chi connectivity index (χ4n) is 8.48. The van der Waals surface area contributed by atoms with Crippen molar-refractivity contribution in [3.8, 4) is 33.9 Å². The van der Waals surface area contributed by atoms with E-state index in [1.165, 1.54) is 14.2 Å². The molecule has 4 heterocycles. The van der Waals surface area contributed by atoms with Crippen molar-refractivity contribution in [3.63, 3.8) is 0 Å². The van der Waals surface area contributed by atoms with Crippen LogP contribution in [-0.4, -0.2) is 80.3 Å².